The zero-order chi connectivity index (χ0) is 23.7. The van der Waals surface area contributed by atoms with Crippen molar-refractivity contribution in [1.29, 1.82) is 0 Å². The fraction of sp³-hybridized carbons (Fsp3) is 0.280. The molecular weight excluding hydrogens is 446 g/mol. The lowest BCUT2D eigenvalue weighted by molar-refractivity contribution is 0.664. The van der Waals surface area contributed by atoms with E-state index in [9.17, 15) is 4.79 Å². The second-order valence-corrected chi connectivity index (χ2v) is 9.35. The average Bonchev–Trinajstić information content (AvgIpc) is 3.53. The van der Waals surface area contributed by atoms with Gasteiger partial charge in [0.15, 0.2) is 5.65 Å². The van der Waals surface area contributed by atoms with Crippen LogP contribution < -0.4 is 5.56 Å². The van der Waals surface area contributed by atoms with Crippen LogP contribution in [0.15, 0.2) is 53.3 Å². The molecule has 0 spiro atoms. The second-order valence-electron chi connectivity index (χ2n) is 8.55. The third-order valence-corrected chi connectivity index (χ3v) is 6.96. The first kappa shape index (κ1) is 22.1. The molecule has 0 amide bonds. The van der Waals surface area contributed by atoms with E-state index in [1.54, 1.807) is 0 Å². The van der Waals surface area contributed by atoms with Gasteiger partial charge in [0.2, 0.25) is 5.82 Å². The molecule has 3 heterocycles. The van der Waals surface area contributed by atoms with Crippen LogP contribution in [0.4, 0.5) is 0 Å². The van der Waals surface area contributed by atoms with E-state index in [0.717, 1.165) is 45.8 Å². The highest BCUT2D eigenvalue weighted by atomic mass is 32.1. The lowest BCUT2D eigenvalue weighted by Gasteiger charge is -2.13. The smallest absolute Gasteiger partial charge is 0.264 e. The van der Waals surface area contributed by atoms with Crippen molar-refractivity contribution in [2.45, 2.75) is 46.1 Å². The van der Waals surface area contributed by atoms with Crippen molar-refractivity contribution < 1.29 is 0 Å². The minimum Gasteiger partial charge on any atom is -0.291 e. The van der Waals surface area contributed by atoms with Crippen molar-refractivity contribution in [2.75, 3.05) is 0 Å². The van der Waals surface area contributed by atoms with Crippen molar-refractivity contribution in [2.24, 2.45) is 0 Å². The maximum atomic E-state index is 13.5. The lowest BCUT2D eigenvalue weighted by Crippen LogP contribution is -2.26. The second kappa shape index (κ2) is 9.26. The van der Waals surface area contributed by atoms with E-state index in [4.69, 9.17) is 4.98 Å². The van der Waals surface area contributed by atoms with Gasteiger partial charge in [-0.25, -0.2) is 4.98 Å². The summed E-state index contributed by atoms with van der Waals surface area (Å²) in [6.07, 6.45) is 1.64. The zero-order valence-electron chi connectivity index (χ0n) is 19.3. The Morgan fingerprint density at radius 1 is 1.06 bits per heavy atom. The van der Waals surface area contributed by atoms with Gasteiger partial charge in [-0.05, 0) is 45.8 Å². The fourth-order valence-corrected chi connectivity index (χ4v) is 4.95. The number of hydrogen-bond acceptors (Lipinski definition) is 7. The minimum absolute atomic E-state index is 0.00238. The van der Waals surface area contributed by atoms with Crippen molar-refractivity contribution in [3.05, 3.63) is 75.1 Å². The molecule has 1 N–H and O–H groups in total. The number of nitrogens with zero attached hydrogens (tertiary/aromatic N) is 6. The quantitative estimate of drug-likeness (QED) is 0.365. The maximum Gasteiger partial charge on any atom is 0.264 e. The third kappa shape index (κ3) is 4.03. The summed E-state index contributed by atoms with van der Waals surface area (Å²) in [5, 5.41) is 15.1. The Bertz CT molecular complexity index is 1480. The van der Waals surface area contributed by atoms with Gasteiger partial charge in [-0.2, -0.15) is 9.59 Å². The molecule has 8 nitrogen and oxygen atoms in total. The molecule has 5 rings (SSSR count). The monoisotopic (exact) mass is 471 g/mol. The summed E-state index contributed by atoms with van der Waals surface area (Å²) in [5.41, 5.74) is 4.59. The van der Waals surface area contributed by atoms with Crippen LogP contribution in [-0.2, 0) is 13.0 Å². The molecule has 0 atom stereocenters. The van der Waals surface area contributed by atoms with Crippen LogP contribution in [-0.4, -0.2) is 34.5 Å². The molecule has 5 aromatic rings. The van der Waals surface area contributed by atoms with E-state index in [2.05, 4.69) is 70.0 Å². The molecule has 0 saturated heterocycles. The van der Waals surface area contributed by atoms with E-state index >= 15 is 0 Å². The number of H-pyrrole nitrogens is 1. The van der Waals surface area contributed by atoms with Crippen molar-refractivity contribution >= 4 is 22.6 Å². The van der Waals surface area contributed by atoms with Crippen LogP contribution in [0.25, 0.3) is 33.5 Å². The van der Waals surface area contributed by atoms with Gasteiger partial charge in [-0.3, -0.25) is 9.36 Å². The van der Waals surface area contributed by atoms with Crippen LogP contribution >= 0.6 is 11.5 Å². The fourth-order valence-electron chi connectivity index (χ4n) is 4.16. The van der Waals surface area contributed by atoms with Crippen LogP contribution in [0.5, 0.6) is 0 Å². The van der Waals surface area contributed by atoms with E-state index in [0.29, 0.717) is 23.4 Å². The van der Waals surface area contributed by atoms with Gasteiger partial charge in [0.25, 0.3) is 5.56 Å². The molecule has 34 heavy (non-hydrogen) atoms. The number of aromatic amines is 1. The standard InChI is InChI=1S/C25H25N7OS/c1-4-7-20-26-24-21(22(15(2)3)34-29-24)25(33)32(20)14-16-10-12-17(13-11-16)18-8-5-6-9-19(18)23-27-30-31-28-23/h5-6,8-13,15H,4,7,14H2,1-3H3,(H,27,28,30,31). The van der Waals surface area contributed by atoms with E-state index < -0.39 is 0 Å². The molecular formula is C25H25N7OS. The zero-order valence-corrected chi connectivity index (χ0v) is 20.1. The van der Waals surface area contributed by atoms with Gasteiger partial charge in [0, 0.05) is 16.9 Å². The third-order valence-electron chi connectivity index (χ3n) is 5.82. The molecule has 3 aromatic heterocycles. The summed E-state index contributed by atoms with van der Waals surface area (Å²) in [5.74, 6) is 1.57. The number of hydrogen-bond donors (Lipinski definition) is 1. The minimum atomic E-state index is -0.00238. The van der Waals surface area contributed by atoms with Gasteiger partial charge < -0.3 is 0 Å². The van der Waals surface area contributed by atoms with Gasteiger partial charge in [0.05, 0.1) is 6.54 Å². The van der Waals surface area contributed by atoms with Crippen molar-refractivity contribution in [1.82, 2.24) is 34.5 Å². The Kier molecular flexibility index (Phi) is 6.02. The predicted molar refractivity (Wildman–Crippen MR) is 134 cm³/mol. The highest BCUT2D eigenvalue weighted by Crippen LogP contribution is 2.30. The summed E-state index contributed by atoms with van der Waals surface area (Å²) >= 11 is 1.38. The Labute approximate surface area is 200 Å². The summed E-state index contributed by atoms with van der Waals surface area (Å²) in [7, 11) is 0. The van der Waals surface area contributed by atoms with Gasteiger partial charge >= 0.3 is 0 Å². The topological polar surface area (TPSA) is 102 Å². The Morgan fingerprint density at radius 3 is 2.50 bits per heavy atom. The SMILES string of the molecule is CCCc1nc2nsc(C(C)C)c2c(=O)n1Cc1ccc(-c2ccccc2-c2nn[nH]n2)cc1. The van der Waals surface area contributed by atoms with Gasteiger partial charge in [0.1, 0.15) is 11.2 Å². The van der Waals surface area contributed by atoms with Crippen LogP contribution in [0, 0.1) is 0 Å². The summed E-state index contributed by atoms with van der Waals surface area (Å²) in [4.78, 5) is 19.3. The molecule has 0 aliphatic heterocycles. The first-order valence-corrected chi connectivity index (χ1v) is 12.1. The summed E-state index contributed by atoms with van der Waals surface area (Å²) in [6, 6.07) is 16.2. The maximum absolute atomic E-state index is 13.5. The van der Waals surface area contributed by atoms with E-state index in [1.807, 2.05) is 28.8 Å². The van der Waals surface area contributed by atoms with Gasteiger partial charge in [-0.1, -0.05) is 69.3 Å². The molecule has 0 aliphatic rings. The van der Waals surface area contributed by atoms with Crippen molar-refractivity contribution in [3.8, 4) is 22.5 Å². The lowest BCUT2D eigenvalue weighted by atomic mass is 9.98. The van der Waals surface area contributed by atoms with Gasteiger partial charge in [-0.15, -0.1) is 10.2 Å². The molecule has 0 unspecified atom stereocenters. The molecule has 0 saturated carbocycles. The number of fused-ring (bicyclic) bond motifs is 1. The largest absolute Gasteiger partial charge is 0.291 e. The first-order chi connectivity index (χ1) is 16.6. The number of aryl methyl sites for hydroxylation is 1. The Morgan fingerprint density at radius 2 is 1.82 bits per heavy atom. The Balaban J connectivity index is 1.52. The van der Waals surface area contributed by atoms with E-state index in [1.165, 1.54) is 11.5 Å². The average molecular weight is 472 g/mol. The van der Waals surface area contributed by atoms with Crippen LogP contribution in [0.3, 0.4) is 0 Å². The van der Waals surface area contributed by atoms with Crippen LogP contribution in [0.1, 0.15) is 49.4 Å². The normalized spacial score (nSPS) is 11.5. The highest BCUT2D eigenvalue weighted by Gasteiger charge is 2.19. The molecule has 172 valence electrons. The van der Waals surface area contributed by atoms with E-state index in [-0.39, 0.29) is 11.5 Å². The molecule has 0 radical (unpaired) electrons. The highest BCUT2D eigenvalue weighted by molar-refractivity contribution is 7.07. The molecule has 0 bridgehead atoms. The predicted octanol–water partition coefficient (Wildman–Crippen LogP) is 4.82. The number of tetrazole rings is 1. The molecule has 9 heteroatoms. The number of rotatable bonds is 7. The number of nitrogens with one attached hydrogen (secondary N) is 1. The summed E-state index contributed by atoms with van der Waals surface area (Å²) < 4.78 is 6.28. The first-order valence-electron chi connectivity index (χ1n) is 11.4. The number of aromatic nitrogens is 7. The summed E-state index contributed by atoms with van der Waals surface area (Å²) in [6.45, 7) is 6.73. The van der Waals surface area contributed by atoms with Crippen LogP contribution in [0.2, 0.25) is 0 Å². The Hall–Kier alpha value is -3.72. The molecule has 2 aromatic carbocycles. The number of benzene rings is 2. The molecule has 0 aliphatic carbocycles. The van der Waals surface area contributed by atoms with Crippen molar-refractivity contribution in [3.63, 3.8) is 0 Å². The molecule has 0 fully saturated rings.